The largest absolute Gasteiger partial charge is 0.491 e. The van der Waals surface area contributed by atoms with Gasteiger partial charge in [-0.15, -0.1) is 0 Å². The summed E-state index contributed by atoms with van der Waals surface area (Å²) in [5, 5.41) is 0.153. The lowest BCUT2D eigenvalue weighted by Gasteiger charge is -2.08. The van der Waals surface area contributed by atoms with Crippen LogP contribution in [0.1, 0.15) is 35.1 Å². The van der Waals surface area contributed by atoms with Crippen molar-refractivity contribution in [2.24, 2.45) is 0 Å². The number of carbonyl (C=O) groups excluding carboxylic acids is 1. The number of aromatic nitrogens is 2. The predicted molar refractivity (Wildman–Crippen MR) is 56.9 cm³/mol. The van der Waals surface area contributed by atoms with Crippen LogP contribution in [0.4, 0.5) is 0 Å². The third-order valence-corrected chi connectivity index (χ3v) is 2.62. The van der Waals surface area contributed by atoms with Gasteiger partial charge in [-0.1, -0.05) is 11.6 Å². The molecule has 0 aromatic carbocycles. The summed E-state index contributed by atoms with van der Waals surface area (Å²) in [5.41, 5.74) is 0.0897. The van der Waals surface area contributed by atoms with Crippen molar-refractivity contribution in [1.29, 1.82) is 0 Å². The van der Waals surface area contributed by atoms with Gasteiger partial charge >= 0.3 is 5.97 Å². The van der Waals surface area contributed by atoms with E-state index in [2.05, 4.69) is 14.7 Å². The first-order valence-electron chi connectivity index (χ1n) is 4.87. The van der Waals surface area contributed by atoms with Gasteiger partial charge in [-0.25, -0.2) is 14.8 Å². The molecule has 2 rings (SSSR count). The number of halogens is 1. The molecule has 16 heavy (non-hydrogen) atoms. The van der Waals surface area contributed by atoms with E-state index in [1.165, 1.54) is 14.2 Å². The Balaban J connectivity index is 2.48. The molecule has 0 aliphatic heterocycles. The number of esters is 1. The van der Waals surface area contributed by atoms with Gasteiger partial charge in [-0.2, -0.15) is 0 Å². The quantitative estimate of drug-likeness (QED) is 0.598. The smallest absolute Gasteiger partial charge is 0.360 e. The molecular weight excluding hydrogens is 232 g/mol. The number of hydrogen-bond acceptors (Lipinski definition) is 5. The Labute approximate surface area is 97.7 Å². The van der Waals surface area contributed by atoms with Gasteiger partial charge in [0.05, 0.1) is 14.2 Å². The highest BCUT2D eigenvalue weighted by Crippen LogP contribution is 2.40. The van der Waals surface area contributed by atoms with Crippen LogP contribution < -0.4 is 4.74 Å². The molecule has 1 fully saturated rings. The van der Waals surface area contributed by atoms with Crippen molar-refractivity contribution < 1.29 is 14.3 Å². The van der Waals surface area contributed by atoms with Gasteiger partial charge in [0.25, 0.3) is 0 Å². The molecule has 6 heteroatoms. The van der Waals surface area contributed by atoms with Crippen LogP contribution in [0.25, 0.3) is 0 Å². The van der Waals surface area contributed by atoms with Gasteiger partial charge in [0.2, 0.25) is 0 Å². The first-order chi connectivity index (χ1) is 7.67. The fourth-order valence-electron chi connectivity index (χ4n) is 1.38. The molecule has 1 saturated carbocycles. The molecule has 0 unspecified atom stereocenters. The summed E-state index contributed by atoms with van der Waals surface area (Å²) < 4.78 is 9.62. The van der Waals surface area contributed by atoms with E-state index >= 15 is 0 Å². The Morgan fingerprint density at radius 3 is 2.56 bits per heavy atom. The zero-order chi connectivity index (χ0) is 11.7. The Hall–Kier alpha value is -1.36. The molecule has 0 amide bonds. The van der Waals surface area contributed by atoms with Gasteiger partial charge in [0, 0.05) is 5.92 Å². The van der Waals surface area contributed by atoms with Gasteiger partial charge in [0.1, 0.15) is 5.82 Å². The van der Waals surface area contributed by atoms with Crippen LogP contribution in [0.5, 0.6) is 5.75 Å². The van der Waals surface area contributed by atoms with E-state index in [9.17, 15) is 4.79 Å². The minimum absolute atomic E-state index is 0.0897. The lowest BCUT2D eigenvalue weighted by Crippen LogP contribution is -2.10. The minimum Gasteiger partial charge on any atom is -0.491 e. The van der Waals surface area contributed by atoms with E-state index in [4.69, 9.17) is 16.3 Å². The Kier molecular flexibility index (Phi) is 2.96. The molecule has 86 valence electrons. The van der Waals surface area contributed by atoms with E-state index in [1.807, 2.05) is 0 Å². The minimum atomic E-state index is -0.567. The van der Waals surface area contributed by atoms with Gasteiger partial charge in [-0.3, -0.25) is 0 Å². The SMILES string of the molecule is COC(=O)c1nc(C2CC2)nc(Cl)c1OC. The zero-order valence-electron chi connectivity index (χ0n) is 8.99. The van der Waals surface area contributed by atoms with Crippen molar-refractivity contribution in [2.75, 3.05) is 14.2 Å². The predicted octanol–water partition coefficient (Wildman–Crippen LogP) is 1.80. The van der Waals surface area contributed by atoms with Crippen LogP contribution in [0.3, 0.4) is 0 Å². The summed E-state index contributed by atoms with van der Waals surface area (Å²) in [7, 11) is 2.70. The van der Waals surface area contributed by atoms with Crippen LogP contribution in [0.15, 0.2) is 0 Å². The third-order valence-electron chi connectivity index (χ3n) is 2.37. The highest BCUT2D eigenvalue weighted by Gasteiger charge is 2.30. The Bertz CT molecular complexity index is 432. The van der Waals surface area contributed by atoms with Gasteiger partial charge in [0.15, 0.2) is 16.6 Å². The molecule has 5 nitrogen and oxygen atoms in total. The van der Waals surface area contributed by atoms with E-state index in [0.29, 0.717) is 11.7 Å². The Morgan fingerprint density at radius 2 is 2.06 bits per heavy atom. The lowest BCUT2D eigenvalue weighted by atomic mass is 10.3. The molecule has 1 heterocycles. The molecule has 0 N–H and O–H groups in total. The van der Waals surface area contributed by atoms with E-state index < -0.39 is 5.97 Å². The van der Waals surface area contributed by atoms with Crippen molar-refractivity contribution >= 4 is 17.6 Å². The van der Waals surface area contributed by atoms with Crippen molar-refractivity contribution in [2.45, 2.75) is 18.8 Å². The van der Waals surface area contributed by atoms with E-state index in [-0.39, 0.29) is 16.6 Å². The number of carbonyl (C=O) groups is 1. The molecular formula is C10H11ClN2O3. The summed E-state index contributed by atoms with van der Waals surface area (Å²) in [5.74, 6) is 0.499. The van der Waals surface area contributed by atoms with Crippen LogP contribution in [-0.2, 0) is 4.74 Å². The molecule has 0 saturated heterocycles. The number of nitrogens with zero attached hydrogens (tertiary/aromatic N) is 2. The number of ether oxygens (including phenoxy) is 2. The standard InChI is InChI=1S/C10H11ClN2O3/c1-15-7-6(10(14)16-2)12-9(5-3-4-5)13-8(7)11/h5H,3-4H2,1-2H3. The summed E-state index contributed by atoms with van der Waals surface area (Å²) >= 11 is 5.92. The van der Waals surface area contributed by atoms with Crippen LogP contribution >= 0.6 is 11.6 Å². The second-order valence-electron chi connectivity index (χ2n) is 3.52. The average molecular weight is 243 g/mol. The topological polar surface area (TPSA) is 61.3 Å². The number of hydrogen-bond donors (Lipinski definition) is 0. The molecule has 1 aromatic heterocycles. The normalized spacial score (nSPS) is 14.7. The highest BCUT2D eigenvalue weighted by molar-refractivity contribution is 6.31. The number of rotatable bonds is 3. The molecule has 1 aromatic rings. The molecule has 0 bridgehead atoms. The molecule has 0 radical (unpaired) electrons. The zero-order valence-corrected chi connectivity index (χ0v) is 9.74. The summed E-state index contributed by atoms with van der Waals surface area (Å²) in [4.78, 5) is 19.7. The van der Waals surface area contributed by atoms with Crippen molar-refractivity contribution in [1.82, 2.24) is 9.97 Å². The fraction of sp³-hybridized carbons (Fsp3) is 0.500. The maximum atomic E-state index is 11.5. The summed E-state index contributed by atoms with van der Waals surface area (Å²) in [6.45, 7) is 0. The second kappa shape index (κ2) is 4.25. The molecule has 1 aliphatic rings. The third kappa shape index (κ3) is 1.95. The molecule has 0 atom stereocenters. The summed E-state index contributed by atoms with van der Waals surface area (Å²) in [6, 6.07) is 0. The maximum Gasteiger partial charge on any atom is 0.360 e. The van der Waals surface area contributed by atoms with Gasteiger partial charge in [-0.05, 0) is 12.8 Å². The van der Waals surface area contributed by atoms with E-state index in [1.54, 1.807) is 0 Å². The van der Waals surface area contributed by atoms with Crippen LogP contribution in [0.2, 0.25) is 5.15 Å². The van der Waals surface area contributed by atoms with Crippen molar-refractivity contribution in [3.8, 4) is 5.75 Å². The van der Waals surface area contributed by atoms with E-state index in [0.717, 1.165) is 12.8 Å². The molecule has 1 aliphatic carbocycles. The highest BCUT2D eigenvalue weighted by atomic mass is 35.5. The van der Waals surface area contributed by atoms with Crippen molar-refractivity contribution in [3.63, 3.8) is 0 Å². The molecule has 0 spiro atoms. The van der Waals surface area contributed by atoms with Crippen LogP contribution in [-0.4, -0.2) is 30.2 Å². The fourth-order valence-corrected chi connectivity index (χ4v) is 1.63. The monoisotopic (exact) mass is 242 g/mol. The van der Waals surface area contributed by atoms with Gasteiger partial charge < -0.3 is 9.47 Å². The van der Waals surface area contributed by atoms with Crippen molar-refractivity contribution in [3.05, 3.63) is 16.7 Å². The maximum absolute atomic E-state index is 11.5. The first kappa shape index (κ1) is 11.1. The van der Waals surface area contributed by atoms with Crippen LogP contribution in [0, 0.1) is 0 Å². The average Bonchev–Trinajstić information content (AvgIpc) is 3.10. The number of methoxy groups -OCH3 is 2. The Morgan fingerprint density at radius 1 is 1.38 bits per heavy atom. The summed E-state index contributed by atoms with van der Waals surface area (Å²) in [6.07, 6.45) is 2.06. The lowest BCUT2D eigenvalue weighted by molar-refractivity contribution is 0.0589. The first-order valence-corrected chi connectivity index (χ1v) is 5.25. The second-order valence-corrected chi connectivity index (χ2v) is 3.88.